The summed E-state index contributed by atoms with van der Waals surface area (Å²) in [7, 11) is 0. The maximum absolute atomic E-state index is 2.74. The van der Waals surface area contributed by atoms with Crippen LogP contribution in [0.5, 0.6) is 0 Å². The molecule has 0 spiro atoms. The van der Waals surface area contributed by atoms with Gasteiger partial charge in [0.05, 0.1) is 0 Å². The SMILES string of the molecule is CC(C)N1CCC(C2CCN(CCN3CCN(C(C)C)CC3)CC2)CC1. The van der Waals surface area contributed by atoms with Crippen LogP contribution in [0.2, 0.25) is 0 Å². The average Bonchev–Trinajstić information content (AvgIpc) is 2.67. The minimum atomic E-state index is 0.712. The summed E-state index contributed by atoms with van der Waals surface area (Å²) >= 11 is 0. The number of hydrogen-bond acceptors (Lipinski definition) is 4. The van der Waals surface area contributed by atoms with Gasteiger partial charge in [0, 0.05) is 51.4 Å². The Labute approximate surface area is 162 Å². The number of piperidine rings is 2. The molecule has 3 aliphatic heterocycles. The fourth-order valence-corrected chi connectivity index (χ4v) is 5.34. The normalized spacial score (nSPS) is 27.0. The van der Waals surface area contributed by atoms with Crippen molar-refractivity contribution in [3.05, 3.63) is 0 Å². The summed E-state index contributed by atoms with van der Waals surface area (Å²) in [6.07, 6.45) is 5.80. The molecule has 0 bridgehead atoms. The van der Waals surface area contributed by atoms with Crippen LogP contribution >= 0.6 is 0 Å². The first-order valence-electron chi connectivity index (χ1n) is 11.5. The quantitative estimate of drug-likeness (QED) is 0.718. The lowest BCUT2D eigenvalue weighted by atomic mass is 9.78. The van der Waals surface area contributed by atoms with Gasteiger partial charge in [0.1, 0.15) is 0 Å². The predicted molar refractivity (Wildman–Crippen MR) is 112 cm³/mol. The molecule has 3 heterocycles. The van der Waals surface area contributed by atoms with Gasteiger partial charge < -0.3 is 9.80 Å². The van der Waals surface area contributed by atoms with Crippen LogP contribution in [0, 0.1) is 11.8 Å². The Morgan fingerprint density at radius 3 is 1.38 bits per heavy atom. The Hall–Kier alpha value is -0.160. The Bertz CT molecular complexity index is 387. The van der Waals surface area contributed by atoms with Gasteiger partial charge in [-0.2, -0.15) is 0 Å². The Balaban J connectivity index is 1.30. The highest BCUT2D eigenvalue weighted by Crippen LogP contribution is 2.32. The van der Waals surface area contributed by atoms with E-state index in [2.05, 4.69) is 47.3 Å². The lowest BCUT2D eigenvalue weighted by molar-refractivity contribution is 0.0701. The number of piperazine rings is 1. The molecule has 152 valence electrons. The lowest BCUT2D eigenvalue weighted by Crippen LogP contribution is -2.51. The molecule has 0 aliphatic carbocycles. The average molecular weight is 365 g/mol. The van der Waals surface area contributed by atoms with E-state index in [0.717, 1.165) is 17.9 Å². The lowest BCUT2D eigenvalue weighted by Gasteiger charge is -2.42. The molecule has 4 nitrogen and oxygen atoms in total. The Kier molecular flexibility index (Phi) is 7.80. The Morgan fingerprint density at radius 1 is 0.538 bits per heavy atom. The van der Waals surface area contributed by atoms with Crippen LogP contribution in [0.25, 0.3) is 0 Å². The van der Waals surface area contributed by atoms with Crippen molar-refractivity contribution in [1.29, 1.82) is 0 Å². The van der Waals surface area contributed by atoms with E-state index >= 15 is 0 Å². The summed E-state index contributed by atoms with van der Waals surface area (Å²) in [4.78, 5) is 10.7. The molecule has 0 aromatic carbocycles. The van der Waals surface area contributed by atoms with E-state index in [4.69, 9.17) is 0 Å². The van der Waals surface area contributed by atoms with Crippen LogP contribution in [0.3, 0.4) is 0 Å². The molecule has 3 aliphatic rings. The summed E-state index contributed by atoms with van der Waals surface area (Å²) in [5.74, 6) is 2.02. The van der Waals surface area contributed by atoms with Crippen molar-refractivity contribution in [2.45, 2.75) is 65.5 Å². The Morgan fingerprint density at radius 2 is 0.923 bits per heavy atom. The molecule has 3 saturated heterocycles. The summed E-state index contributed by atoms with van der Waals surface area (Å²) in [5.41, 5.74) is 0. The van der Waals surface area contributed by atoms with Crippen molar-refractivity contribution >= 4 is 0 Å². The van der Waals surface area contributed by atoms with Crippen molar-refractivity contribution < 1.29 is 0 Å². The molecule has 4 heteroatoms. The number of likely N-dealkylation sites (tertiary alicyclic amines) is 2. The van der Waals surface area contributed by atoms with Crippen LogP contribution < -0.4 is 0 Å². The summed E-state index contributed by atoms with van der Waals surface area (Å²) in [6, 6.07) is 1.45. The molecular formula is C22H44N4. The summed E-state index contributed by atoms with van der Waals surface area (Å²) < 4.78 is 0. The fraction of sp³-hybridized carbons (Fsp3) is 1.00. The third kappa shape index (κ3) is 5.67. The molecule has 26 heavy (non-hydrogen) atoms. The van der Waals surface area contributed by atoms with Crippen LogP contribution in [-0.4, -0.2) is 97.1 Å². The van der Waals surface area contributed by atoms with Crippen LogP contribution in [0.4, 0.5) is 0 Å². The van der Waals surface area contributed by atoms with Crippen molar-refractivity contribution in [2.24, 2.45) is 11.8 Å². The second kappa shape index (κ2) is 9.86. The molecule has 0 aromatic heterocycles. The standard InChI is InChI=1S/C22H44N4/c1-19(2)25-11-7-22(8-12-25)21-5-9-23(10-6-21)13-14-24-15-17-26(18-16-24)20(3)4/h19-22H,5-18H2,1-4H3. The second-order valence-electron chi connectivity index (χ2n) is 9.62. The second-order valence-corrected chi connectivity index (χ2v) is 9.62. The van der Waals surface area contributed by atoms with Gasteiger partial charge in [-0.3, -0.25) is 9.80 Å². The topological polar surface area (TPSA) is 13.0 Å². The highest BCUT2D eigenvalue weighted by molar-refractivity contribution is 4.83. The molecule has 0 radical (unpaired) electrons. The van der Waals surface area contributed by atoms with E-state index in [9.17, 15) is 0 Å². The third-order valence-electron chi connectivity index (χ3n) is 7.47. The smallest absolute Gasteiger partial charge is 0.0113 e. The van der Waals surface area contributed by atoms with E-state index in [-0.39, 0.29) is 0 Å². The van der Waals surface area contributed by atoms with Gasteiger partial charge in [0.15, 0.2) is 0 Å². The molecule has 0 amide bonds. The molecule has 0 atom stereocenters. The molecular weight excluding hydrogens is 320 g/mol. The summed E-state index contributed by atoms with van der Waals surface area (Å²) in [5, 5.41) is 0. The zero-order valence-corrected chi connectivity index (χ0v) is 18.0. The van der Waals surface area contributed by atoms with Gasteiger partial charge >= 0.3 is 0 Å². The van der Waals surface area contributed by atoms with Gasteiger partial charge in [-0.15, -0.1) is 0 Å². The predicted octanol–water partition coefficient (Wildman–Crippen LogP) is 2.84. The molecule has 0 aromatic rings. The first-order valence-corrected chi connectivity index (χ1v) is 11.5. The minimum Gasteiger partial charge on any atom is -0.302 e. The van der Waals surface area contributed by atoms with E-state index in [1.165, 1.54) is 91.1 Å². The number of nitrogens with zero attached hydrogens (tertiary/aromatic N) is 4. The van der Waals surface area contributed by atoms with Gasteiger partial charge in [0.25, 0.3) is 0 Å². The molecule has 0 saturated carbocycles. The zero-order valence-electron chi connectivity index (χ0n) is 18.0. The van der Waals surface area contributed by atoms with Crippen LogP contribution in [0.15, 0.2) is 0 Å². The highest BCUT2D eigenvalue weighted by atomic mass is 15.3. The zero-order chi connectivity index (χ0) is 18.5. The minimum absolute atomic E-state index is 0.712. The molecule has 3 rings (SSSR count). The summed E-state index contributed by atoms with van der Waals surface area (Å²) in [6.45, 7) is 22.3. The number of hydrogen-bond donors (Lipinski definition) is 0. The van der Waals surface area contributed by atoms with E-state index in [1.54, 1.807) is 0 Å². The molecule has 0 N–H and O–H groups in total. The van der Waals surface area contributed by atoms with Crippen molar-refractivity contribution in [2.75, 3.05) is 65.4 Å². The van der Waals surface area contributed by atoms with E-state index < -0.39 is 0 Å². The highest BCUT2D eigenvalue weighted by Gasteiger charge is 2.30. The van der Waals surface area contributed by atoms with Gasteiger partial charge in [0.2, 0.25) is 0 Å². The van der Waals surface area contributed by atoms with Gasteiger partial charge in [-0.25, -0.2) is 0 Å². The van der Waals surface area contributed by atoms with Gasteiger partial charge in [-0.1, -0.05) is 0 Å². The van der Waals surface area contributed by atoms with Crippen molar-refractivity contribution in [1.82, 2.24) is 19.6 Å². The van der Waals surface area contributed by atoms with Crippen molar-refractivity contribution in [3.8, 4) is 0 Å². The van der Waals surface area contributed by atoms with Crippen LogP contribution in [-0.2, 0) is 0 Å². The first kappa shape index (κ1) is 20.6. The third-order valence-corrected chi connectivity index (χ3v) is 7.47. The van der Waals surface area contributed by atoms with Crippen molar-refractivity contribution in [3.63, 3.8) is 0 Å². The molecule has 3 fully saturated rings. The fourth-order valence-electron chi connectivity index (χ4n) is 5.34. The van der Waals surface area contributed by atoms with E-state index in [1.807, 2.05) is 0 Å². The first-order chi connectivity index (χ1) is 12.5. The maximum atomic E-state index is 2.74. The van der Waals surface area contributed by atoms with E-state index in [0.29, 0.717) is 6.04 Å². The largest absolute Gasteiger partial charge is 0.302 e. The molecule has 0 unspecified atom stereocenters. The van der Waals surface area contributed by atoms with Gasteiger partial charge in [-0.05, 0) is 91.4 Å². The number of rotatable bonds is 6. The van der Waals surface area contributed by atoms with Crippen LogP contribution in [0.1, 0.15) is 53.4 Å². The monoisotopic (exact) mass is 364 g/mol. The maximum Gasteiger partial charge on any atom is 0.0113 e.